The zero-order chi connectivity index (χ0) is 27.7. The molecule has 3 amide bonds. The highest BCUT2D eigenvalue weighted by atomic mass is 16.6. The standard InChI is InChI=1S/C29H37N3O6/c1-29(2,3)38-28(36)32-17-11-16-24(32)26(34)30-22(18-20-12-7-5-8-13-20)25(33)31-23(27(35)37-4)19-21-14-9-6-10-15-21/h5-10,12-15,22-24H,11,16-19H2,1-4H3,(H,30,34)(H,31,33)/t22-,23+,24-/m0/s1. The summed E-state index contributed by atoms with van der Waals surface area (Å²) in [6.45, 7) is 5.69. The zero-order valence-electron chi connectivity index (χ0n) is 22.4. The van der Waals surface area contributed by atoms with Crippen LogP contribution in [0.5, 0.6) is 0 Å². The molecule has 0 spiro atoms. The molecule has 2 N–H and O–H groups in total. The fourth-order valence-corrected chi connectivity index (χ4v) is 4.36. The number of hydrogen-bond donors (Lipinski definition) is 2. The first kappa shape index (κ1) is 28.7. The number of benzene rings is 2. The van der Waals surface area contributed by atoms with Crippen LogP contribution >= 0.6 is 0 Å². The summed E-state index contributed by atoms with van der Waals surface area (Å²) in [5.41, 5.74) is 0.991. The molecular weight excluding hydrogens is 486 g/mol. The van der Waals surface area contributed by atoms with E-state index < -0.39 is 47.6 Å². The lowest BCUT2D eigenvalue weighted by molar-refractivity contribution is -0.145. The molecule has 0 radical (unpaired) electrons. The summed E-state index contributed by atoms with van der Waals surface area (Å²) < 4.78 is 10.4. The van der Waals surface area contributed by atoms with Crippen LogP contribution in [0.4, 0.5) is 4.79 Å². The molecule has 1 saturated heterocycles. The maximum Gasteiger partial charge on any atom is 0.410 e. The monoisotopic (exact) mass is 523 g/mol. The van der Waals surface area contributed by atoms with Crippen LogP contribution in [0.2, 0.25) is 0 Å². The van der Waals surface area contributed by atoms with Crippen molar-refractivity contribution < 1.29 is 28.7 Å². The van der Waals surface area contributed by atoms with E-state index in [1.165, 1.54) is 12.0 Å². The van der Waals surface area contributed by atoms with Crippen molar-refractivity contribution in [3.05, 3.63) is 71.8 Å². The molecule has 0 aromatic heterocycles. The van der Waals surface area contributed by atoms with Gasteiger partial charge in [-0.1, -0.05) is 60.7 Å². The highest BCUT2D eigenvalue weighted by molar-refractivity contribution is 5.93. The minimum atomic E-state index is -0.978. The molecule has 1 aliphatic rings. The molecule has 1 fully saturated rings. The average molecular weight is 524 g/mol. The third-order valence-corrected chi connectivity index (χ3v) is 6.18. The van der Waals surface area contributed by atoms with Crippen molar-refractivity contribution >= 4 is 23.9 Å². The van der Waals surface area contributed by atoms with Crippen LogP contribution in [0.3, 0.4) is 0 Å². The van der Waals surface area contributed by atoms with Gasteiger partial charge >= 0.3 is 12.1 Å². The minimum absolute atomic E-state index is 0.205. The van der Waals surface area contributed by atoms with Gasteiger partial charge in [0, 0.05) is 19.4 Å². The third kappa shape index (κ3) is 8.33. The van der Waals surface area contributed by atoms with Crippen molar-refractivity contribution in [1.82, 2.24) is 15.5 Å². The summed E-state index contributed by atoms with van der Waals surface area (Å²) in [6, 6.07) is 15.9. The molecule has 0 unspecified atom stereocenters. The predicted molar refractivity (Wildman–Crippen MR) is 142 cm³/mol. The Bertz CT molecular complexity index is 1100. The van der Waals surface area contributed by atoms with E-state index in [0.717, 1.165) is 11.1 Å². The van der Waals surface area contributed by atoms with Crippen LogP contribution in [-0.4, -0.2) is 66.2 Å². The number of nitrogens with one attached hydrogen (secondary N) is 2. The number of esters is 1. The minimum Gasteiger partial charge on any atom is -0.467 e. The van der Waals surface area contributed by atoms with Crippen LogP contribution in [0, 0.1) is 0 Å². The van der Waals surface area contributed by atoms with E-state index in [1.807, 2.05) is 60.7 Å². The third-order valence-electron chi connectivity index (χ3n) is 6.18. The summed E-state index contributed by atoms with van der Waals surface area (Å²) in [7, 11) is 1.26. The Kier molecular flexibility index (Phi) is 9.87. The van der Waals surface area contributed by atoms with E-state index in [4.69, 9.17) is 9.47 Å². The van der Waals surface area contributed by atoms with Crippen LogP contribution in [0.1, 0.15) is 44.7 Å². The molecule has 38 heavy (non-hydrogen) atoms. The second-order valence-corrected chi connectivity index (χ2v) is 10.4. The van der Waals surface area contributed by atoms with Gasteiger partial charge in [0.15, 0.2) is 0 Å². The van der Waals surface area contributed by atoms with Crippen LogP contribution in [-0.2, 0) is 36.7 Å². The van der Waals surface area contributed by atoms with Crippen molar-refractivity contribution in [3.8, 4) is 0 Å². The lowest BCUT2D eigenvalue weighted by atomic mass is 10.0. The molecule has 0 aliphatic carbocycles. The molecule has 1 heterocycles. The maximum absolute atomic E-state index is 13.5. The van der Waals surface area contributed by atoms with Crippen LogP contribution in [0.25, 0.3) is 0 Å². The van der Waals surface area contributed by atoms with Gasteiger partial charge in [-0.25, -0.2) is 9.59 Å². The van der Waals surface area contributed by atoms with E-state index in [9.17, 15) is 19.2 Å². The first-order valence-electron chi connectivity index (χ1n) is 12.8. The highest BCUT2D eigenvalue weighted by Gasteiger charge is 2.38. The van der Waals surface area contributed by atoms with Gasteiger partial charge in [-0.2, -0.15) is 0 Å². The predicted octanol–water partition coefficient (Wildman–Crippen LogP) is 3.01. The topological polar surface area (TPSA) is 114 Å². The van der Waals surface area contributed by atoms with Crippen molar-refractivity contribution in [3.63, 3.8) is 0 Å². The molecule has 0 bridgehead atoms. The largest absolute Gasteiger partial charge is 0.467 e. The van der Waals surface area contributed by atoms with Gasteiger partial charge in [-0.15, -0.1) is 0 Å². The number of likely N-dealkylation sites (tertiary alicyclic amines) is 1. The molecule has 9 nitrogen and oxygen atoms in total. The Labute approximate surface area is 223 Å². The van der Waals surface area contributed by atoms with Gasteiger partial charge in [0.1, 0.15) is 23.7 Å². The smallest absolute Gasteiger partial charge is 0.410 e. The van der Waals surface area contributed by atoms with Gasteiger partial charge in [-0.05, 0) is 44.7 Å². The van der Waals surface area contributed by atoms with E-state index in [-0.39, 0.29) is 12.8 Å². The van der Waals surface area contributed by atoms with Crippen molar-refractivity contribution in [1.29, 1.82) is 0 Å². The summed E-state index contributed by atoms with van der Waals surface area (Å²) in [6.07, 6.45) is 0.988. The number of ether oxygens (including phenoxy) is 2. The van der Waals surface area contributed by atoms with Gasteiger partial charge in [0.25, 0.3) is 0 Å². The van der Waals surface area contributed by atoms with Crippen LogP contribution in [0.15, 0.2) is 60.7 Å². The number of amides is 3. The van der Waals surface area contributed by atoms with Gasteiger partial charge in [0.05, 0.1) is 7.11 Å². The lowest BCUT2D eigenvalue weighted by Crippen LogP contribution is -2.56. The Balaban J connectivity index is 1.78. The normalized spacial score (nSPS) is 16.7. The Morgan fingerprint density at radius 2 is 1.45 bits per heavy atom. The molecule has 1 aliphatic heterocycles. The fraction of sp³-hybridized carbons (Fsp3) is 0.448. The van der Waals surface area contributed by atoms with E-state index >= 15 is 0 Å². The van der Waals surface area contributed by atoms with Gasteiger partial charge in [0.2, 0.25) is 11.8 Å². The number of carbonyl (C=O) groups is 4. The Morgan fingerprint density at radius 3 is 1.97 bits per heavy atom. The summed E-state index contributed by atoms with van der Waals surface area (Å²) in [5, 5.41) is 5.59. The van der Waals surface area contributed by atoms with Gasteiger partial charge < -0.3 is 20.1 Å². The second kappa shape index (κ2) is 13.1. The number of nitrogens with zero attached hydrogens (tertiary/aromatic N) is 1. The van der Waals surface area contributed by atoms with E-state index in [0.29, 0.717) is 19.4 Å². The van der Waals surface area contributed by atoms with Crippen LogP contribution < -0.4 is 10.6 Å². The molecule has 9 heteroatoms. The quantitative estimate of drug-likeness (QED) is 0.489. The molecule has 0 saturated carbocycles. The molecule has 3 atom stereocenters. The zero-order valence-corrected chi connectivity index (χ0v) is 22.4. The van der Waals surface area contributed by atoms with Crippen molar-refractivity contribution in [2.24, 2.45) is 0 Å². The number of methoxy groups -OCH3 is 1. The van der Waals surface area contributed by atoms with Crippen molar-refractivity contribution in [2.75, 3.05) is 13.7 Å². The molecular formula is C29H37N3O6. The van der Waals surface area contributed by atoms with E-state index in [1.54, 1.807) is 20.8 Å². The first-order valence-corrected chi connectivity index (χ1v) is 12.8. The molecule has 2 aromatic rings. The van der Waals surface area contributed by atoms with E-state index in [2.05, 4.69) is 10.6 Å². The van der Waals surface area contributed by atoms with Crippen molar-refractivity contribution in [2.45, 2.75) is 70.2 Å². The summed E-state index contributed by atoms with van der Waals surface area (Å²) in [5.74, 6) is -1.55. The Hall–Kier alpha value is -3.88. The molecule has 204 valence electrons. The van der Waals surface area contributed by atoms with Gasteiger partial charge in [-0.3, -0.25) is 14.5 Å². The Morgan fingerprint density at radius 1 is 0.895 bits per heavy atom. The second-order valence-electron chi connectivity index (χ2n) is 10.4. The summed E-state index contributed by atoms with van der Waals surface area (Å²) in [4.78, 5) is 53.5. The number of carbonyl (C=O) groups excluding carboxylic acids is 4. The SMILES string of the molecule is COC(=O)[C@@H](Cc1ccccc1)NC(=O)[C@H](Cc1ccccc1)NC(=O)[C@@H]1CCCN1C(=O)OC(C)(C)C. The molecule has 2 aromatic carbocycles. The number of hydrogen-bond acceptors (Lipinski definition) is 6. The number of rotatable bonds is 9. The average Bonchev–Trinajstić information content (AvgIpc) is 3.38. The summed E-state index contributed by atoms with van der Waals surface area (Å²) >= 11 is 0. The first-order chi connectivity index (χ1) is 18.1. The highest BCUT2D eigenvalue weighted by Crippen LogP contribution is 2.21. The molecule has 3 rings (SSSR count). The lowest BCUT2D eigenvalue weighted by Gasteiger charge is -2.29. The fourth-order valence-electron chi connectivity index (χ4n) is 4.36. The maximum atomic E-state index is 13.5.